The van der Waals surface area contributed by atoms with Crippen LogP contribution in [0, 0.1) is 0 Å². The smallest absolute Gasteiger partial charge is 0.227 e. The summed E-state index contributed by atoms with van der Waals surface area (Å²) in [5, 5.41) is 0. The molecular formula is C21H23NO. The van der Waals surface area contributed by atoms with Gasteiger partial charge < -0.3 is 4.90 Å². The lowest BCUT2D eigenvalue weighted by Crippen LogP contribution is -2.31. The van der Waals surface area contributed by atoms with E-state index in [1.807, 2.05) is 36.4 Å². The fourth-order valence-corrected chi connectivity index (χ4v) is 3.33. The van der Waals surface area contributed by atoms with Crippen molar-refractivity contribution in [2.24, 2.45) is 0 Å². The second kappa shape index (κ2) is 7.28. The Labute approximate surface area is 138 Å². The third kappa shape index (κ3) is 3.70. The number of likely N-dealkylation sites (tertiary alicyclic amines) is 1. The highest BCUT2D eigenvalue weighted by Crippen LogP contribution is 2.32. The Bertz CT molecular complexity index is 660. The molecule has 2 nitrogen and oxygen atoms in total. The molecule has 1 heterocycles. The van der Waals surface area contributed by atoms with Crippen molar-refractivity contribution in [3.05, 3.63) is 83.9 Å². The van der Waals surface area contributed by atoms with Crippen LogP contribution in [0.15, 0.2) is 67.3 Å². The number of carbonyl (C=O) groups excluding carboxylic acids is 1. The molecule has 1 fully saturated rings. The standard InChI is InChI=1S/C21H23NO/c1-2-7-17-11-13-19(14-12-17)20-10-6-15-22(20)21(23)16-18-8-4-3-5-9-18/h2-5,8-9,11-14,20H,1,6-7,10,15-16H2/t20-/m0/s1. The lowest BCUT2D eigenvalue weighted by Gasteiger charge is -2.25. The molecule has 3 rings (SSSR count). The van der Waals surface area contributed by atoms with E-state index in [4.69, 9.17) is 0 Å². The summed E-state index contributed by atoms with van der Waals surface area (Å²) in [5.41, 5.74) is 3.60. The van der Waals surface area contributed by atoms with Gasteiger partial charge in [-0.1, -0.05) is 60.7 Å². The van der Waals surface area contributed by atoms with Crippen LogP contribution in [0.3, 0.4) is 0 Å². The second-order valence-electron chi connectivity index (χ2n) is 6.14. The first-order valence-corrected chi connectivity index (χ1v) is 8.31. The normalized spacial score (nSPS) is 17.2. The van der Waals surface area contributed by atoms with E-state index < -0.39 is 0 Å². The van der Waals surface area contributed by atoms with E-state index in [1.54, 1.807) is 0 Å². The molecule has 0 aliphatic carbocycles. The SMILES string of the molecule is C=CCc1ccc([C@@H]2CCCN2C(=O)Cc2ccccc2)cc1. The summed E-state index contributed by atoms with van der Waals surface area (Å²) in [6.45, 7) is 4.64. The number of benzene rings is 2. The van der Waals surface area contributed by atoms with Crippen molar-refractivity contribution in [1.29, 1.82) is 0 Å². The van der Waals surface area contributed by atoms with E-state index in [0.717, 1.165) is 31.4 Å². The van der Waals surface area contributed by atoms with Gasteiger partial charge in [0.25, 0.3) is 0 Å². The highest BCUT2D eigenvalue weighted by Gasteiger charge is 2.29. The third-order valence-electron chi connectivity index (χ3n) is 4.52. The Morgan fingerprint density at radius 2 is 1.83 bits per heavy atom. The molecule has 1 saturated heterocycles. The first-order valence-electron chi connectivity index (χ1n) is 8.31. The zero-order valence-corrected chi connectivity index (χ0v) is 13.4. The maximum absolute atomic E-state index is 12.7. The second-order valence-corrected chi connectivity index (χ2v) is 6.14. The van der Waals surface area contributed by atoms with E-state index in [9.17, 15) is 4.79 Å². The number of nitrogens with zero attached hydrogens (tertiary/aromatic N) is 1. The van der Waals surface area contributed by atoms with Gasteiger partial charge in [-0.15, -0.1) is 6.58 Å². The van der Waals surface area contributed by atoms with Gasteiger partial charge in [0.1, 0.15) is 0 Å². The van der Waals surface area contributed by atoms with Crippen molar-refractivity contribution < 1.29 is 4.79 Å². The van der Waals surface area contributed by atoms with Gasteiger partial charge in [0.05, 0.1) is 12.5 Å². The van der Waals surface area contributed by atoms with E-state index in [1.165, 1.54) is 11.1 Å². The van der Waals surface area contributed by atoms with Crippen molar-refractivity contribution in [3.8, 4) is 0 Å². The van der Waals surface area contributed by atoms with Crippen molar-refractivity contribution in [2.45, 2.75) is 31.7 Å². The summed E-state index contributed by atoms with van der Waals surface area (Å²) in [4.78, 5) is 14.7. The number of hydrogen-bond acceptors (Lipinski definition) is 1. The van der Waals surface area contributed by atoms with Crippen molar-refractivity contribution >= 4 is 5.91 Å². The number of allylic oxidation sites excluding steroid dienone is 1. The predicted molar refractivity (Wildman–Crippen MR) is 94.2 cm³/mol. The molecule has 0 spiro atoms. The molecule has 23 heavy (non-hydrogen) atoms. The Balaban J connectivity index is 1.71. The molecule has 0 aromatic heterocycles. The molecule has 0 radical (unpaired) electrons. The third-order valence-corrected chi connectivity index (χ3v) is 4.52. The van der Waals surface area contributed by atoms with Crippen molar-refractivity contribution in [1.82, 2.24) is 4.90 Å². The van der Waals surface area contributed by atoms with Gasteiger partial charge in [-0.2, -0.15) is 0 Å². The number of amides is 1. The molecule has 0 saturated carbocycles. The summed E-state index contributed by atoms with van der Waals surface area (Å²) in [7, 11) is 0. The Hall–Kier alpha value is -2.35. The molecule has 2 heteroatoms. The highest BCUT2D eigenvalue weighted by molar-refractivity contribution is 5.79. The molecule has 0 bridgehead atoms. The molecule has 1 aliphatic rings. The van der Waals surface area contributed by atoms with Crippen LogP contribution in [0.25, 0.3) is 0 Å². The lowest BCUT2D eigenvalue weighted by molar-refractivity contribution is -0.131. The molecule has 2 aromatic rings. The van der Waals surface area contributed by atoms with Crippen LogP contribution in [0.1, 0.15) is 35.6 Å². The van der Waals surface area contributed by atoms with Crippen LogP contribution < -0.4 is 0 Å². The molecule has 1 amide bonds. The van der Waals surface area contributed by atoms with E-state index in [0.29, 0.717) is 6.42 Å². The van der Waals surface area contributed by atoms with Gasteiger partial charge in [0.15, 0.2) is 0 Å². The lowest BCUT2D eigenvalue weighted by atomic mass is 10.0. The summed E-state index contributed by atoms with van der Waals surface area (Å²) in [5.74, 6) is 0.230. The minimum atomic E-state index is 0.226. The summed E-state index contributed by atoms with van der Waals surface area (Å²) in [6.07, 6.45) is 5.44. The number of hydrogen-bond donors (Lipinski definition) is 0. The zero-order valence-electron chi connectivity index (χ0n) is 13.4. The first kappa shape index (κ1) is 15.5. The highest BCUT2D eigenvalue weighted by atomic mass is 16.2. The fraction of sp³-hybridized carbons (Fsp3) is 0.286. The van der Waals surface area contributed by atoms with Crippen LogP contribution in [0.4, 0.5) is 0 Å². The fourth-order valence-electron chi connectivity index (χ4n) is 3.33. The average Bonchev–Trinajstić information content (AvgIpc) is 3.06. The van der Waals surface area contributed by atoms with Gasteiger partial charge in [0.2, 0.25) is 5.91 Å². The van der Waals surface area contributed by atoms with Crippen LogP contribution in [-0.2, 0) is 17.6 Å². The van der Waals surface area contributed by atoms with Crippen LogP contribution in [-0.4, -0.2) is 17.4 Å². The monoisotopic (exact) mass is 305 g/mol. The van der Waals surface area contributed by atoms with E-state index in [2.05, 4.69) is 35.7 Å². The molecule has 1 aliphatic heterocycles. The minimum Gasteiger partial charge on any atom is -0.335 e. The zero-order chi connectivity index (χ0) is 16.1. The first-order chi connectivity index (χ1) is 11.3. The van der Waals surface area contributed by atoms with Gasteiger partial charge in [-0.05, 0) is 36.0 Å². The van der Waals surface area contributed by atoms with Crippen LogP contribution in [0.5, 0.6) is 0 Å². The van der Waals surface area contributed by atoms with Gasteiger partial charge in [-0.25, -0.2) is 0 Å². The van der Waals surface area contributed by atoms with Crippen LogP contribution >= 0.6 is 0 Å². The number of carbonyl (C=O) groups is 1. The largest absolute Gasteiger partial charge is 0.335 e. The molecule has 2 aromatic carbocycles. The molecule has 0 N–H and O–H groups in total. The Morgan fingerprint density at radius 1 is 1.09 bits per heavy atom. The molecule has 1 atom stereocenters. The topological polar surface area (TPSA) is 20.3 Å². The minimum absolute atomic E-state index is 0.226. The maximum Gasteiger partial charge on any atom is 0.227 e. The molecule has 118 valence electrons. The quantitative estimate of drug-likeness (QED) is 0.753. The average molecular weight is 305 g/mol. The van der Waals surface area contributed by atoms with Gasteiger partial charge in [-0.3, -0.25) is 4.79 Å². The van der Waals surface area contributed by atoms with E-state index >= 15 is 0 Å². The Kier molecular flexibility index (Phi) is 4.92. The summed E-state index contributed by atoms with van der Waals surface area (Å²) >= 11 is 0. The van der Waals surface area contributed by atoms with Crippen LogP contribution in [0.2, 0.25) is 0 Å². The van der Waals surface area contributed by atoms with E-state index in [-0.39, 0.29) is 11.9 Å². The predicted octanol–water partition coefficient (Wildman–Crippen LogP) is 4.32. The Morgan fingerprint density at radius 3 is 2.52 bits per heavy atom. The van der Waals surface area contributed by atoms with Crippen molar-refractivity contribution in [3.63, 3.8) is 0 Å². The van der Waals surface area contributed by atoms with Gasteiger partial charge in [0, 0.05) is 6.54 Å². The summed E-state index contributed by atoms with van der Waals surface area (Å²) < 4.78 is 0. The number of rotatable bonds is 5. The molecule has 0 unspecified atom stereocenters. The van der Waals surface area contributed by atoms with Gasteiger partial charge >= 0.3 is 0 Å². The molecular weight excluding hydrogens is 282 g/mol. The van der Waals surface area contributed by atoms with Crippen molar-refractivity contribution in [2.75, 3.05) is 6.54 Å². The summed E-state index contributed by atoms with van der Waals surface area (Å²) in [6, 6.07) is 18.9. The maximum atomic E-state index is 12.7.